The molecule has 0 aliphatic carbocycles. The lowest BCUT2D eigenvalue weighted by molar-refractivity contribution is 0.621. The van der Waals surface area contributed by atoms with Crippen LogP contribution in [-0.2, 0) is 0 Å². The molecule has 0 fully saturated rings. The molecule has 0 aliphatic rings. The Labute approximate surface area is 299 Å². The number of fused-ring (bicyclic) bond motifs is 6. The summed E-state index contributed by atoms with van der Waals surface area (Å²) in [4.78, 5) is 7.38. The minimum Gasteiger partial charge on any atom is -0.435 e. The second-order valence-electron chi connectivity index (χ2n) is 12.8. The van der Waals surface area contributed by atoms with E-state index in [1.807, 2.05) is 41.7 Å². The molecule has 10 rings (SSSR count). The summed E-state index contributed by atoms with van der Waals surface area (Å²) in [5.74, 6) is 0.626. The molecule has 0 atom stereocenters. The summed E-state index contributed by atoms with van der Waals surface area (Å²) >= 11 is 1.84. The number of nitrogens with zero attached hydrogens (tertiary/aromatic N) is 2. The van der Waals surface area contributed by atoms with Gasteiger partial charge in [0.2, 0.25) is 5.89 Å². The molecule has 0 amide bonds. The first-order valence-electron chi connectivity index (χ1n) is 17.1. The van der Waals surface area contributed by atoms with Gasteiger partial charge >= 0.3 is 0 Å². The van der Waals surface area contributed by atoms with Gasteiger partial charge in [0.1, 0.15) is 5.52 Å². The van der Waals surface area contributed by atoms with E-state index in [0.717, 1.165) is 55.6 Å². The van der Waals surface area contributed by atoms with Gasteiger partial charge in [0.25, 0.3) is 0 Å². The average Bonchev–Trinajstić information content (AvgIpc) is 3.82. The van der Waals surface area contributed by atoms with Gasteiger partial charge in [-0.25, -0.2) is 4.98 Å². The fourth-order valence-corrected chi connectivity index (χ4v) is 8.35. The van der Waals surface area contributed by atoms with Crippen LogP contribution in [0.2, 0.25) is 0 Å². The number of benzene rings is 8. The third kappa shape index (κ3) is 5.16. The molecule has 0 aliphatic heterocycles. The number of thiophene rings is 1. The van der Waals surface area contributed by atoms with E-state index >= 15 is 0 Å². The Morgan fingerprint density at radius 3 is 1.90 bits per heavy atom. The number of hydrogen-bond donors (Lipinski definition) is 0. The molecule has 0 N–H and O–H groups in total. The van der Waals surface area contributed by atoms with Crippen molar-refractivity contribution in [2.45, 2.75) is 0 Å². The van der Waals surface area contributed by atoms with Gasteiger partial charge in [-0.2, -0.15) is 0 Å². The van der Waals surface area contributed by atoms with Crippen molar-refractivity contribution in [1.82, 2.24) is 4.98 Å². The zero-order chi connectivity index (χ0) is 33.7. The Morgan fingerprint density at radius 2 is 1.08 bits per heavy atom. The van der Waals surface area contributed by atoms with Gasteiger partial charge in [-0.05, 0) is 82.7 Å². The number of anilines is 3. The van der Waals surface area contributed by atoms with Gasteiger partial charge < -0.3 is 9.32 Å². The average molecular weight is 671 g/mol. The largest absolute Gasteiger partial charge is 0.435 e. The van der Waals surface area contributed by atoms with Crippen LogP contribution in [0.5, 0.6) is 0 Å². The minimum absolute atomic E-state index is 0.626. The third-order valence-electron chi connectivity index (χ3n) is 9.68. The lowest BCUT2D eigenvalue weighted by Gasteiger charge is -2.26. The van der Waals surface area contributed by atoms with E-state index in [2.05, 4.69) is 157 Å². The molecular formula is C47H30N2OS. The summed E-state index contributed by atoms with van der Waals surface area (Å²) in [5, 5.41) is 4.80. The molecule has 0 bridgehead atoms. The predicted octanol–water partition coefficient (Wildman–Crippen LogP) is 13.8. The summed E-state index contributed by atoms with van der Waals surface area (Å²) in [6, 6.07) is 64.5. The molecule has 0 radical (unpaired) electrons. The summed E-state index contributed by atoms with van der Waals surface area (Å²) in [6.45, 7) is 0. The van der Waals surface area contributed by atoms with Crippen molar-refractivity contribution in [2.75, 3.05) is 4.90 Å². The van der Waals surface area contributed by atoms with E-state index < -0.39 is 0 Å². The number of oxazole rings is 1. The Kier molecular flexibility index (Phi) is 7.00. The maximum Gasteiger partial charge on any atom is 0.227 e. The molecule has 0 unspecified atom stereocenters. The fraction of sp³-hybridized carbons (Fsp3) is 0. The molecule has 51 heavy (non-hydrogen) atoms. The molecule has 10 aromatic rings. The van der Waals surface area contributed by atoms with Gasteiger partial charge in [-0.3, -0.25) is 0 Å². The molecule has 2 aromatic heterocycles. The van der Waals surface area contributed by atoms with Crippen LogP contribution in [0.25, 0.3) is 75.8 Å². The van der Waals surface area contributed by atoms with Crippen molar-refractivity contribution < 1.29 is 4.42 Å². The molecule has 8 aromatic carbocycles. The van der Waals surface area contributed by atoms with Crippen LogP contribution in [0.3, 0.4) is 0 Å². The molecular weight excluding hydrogens is 641 g/mol. The van der Waals surface area contributed by atoms with Gasteiger partial charge in [-0.1, -0.05) is 121 Å². The molecule has 2 heterocycles. The van der Waals surface area contributed by atoms with E-state index in [1.54, 1.807) is 0 Å². The lowest BCUT2D eigenvalue weighted by Crippen LogP contribution is -2.09. The van der Waals surface area contributed by atoms with E-state index in [4.69, 9.17) is 9.40 Å². The van der Waals surface area contributed by atoms with E-state index in [0.29, 0.717) is 5.89 Å². The first kappa shape index (κ1) is 29.4. The Bertz CT molecular complexity index is 2850. The van der Waals surface area contributed by atoms with Crippen molar-refractivity contribution in [1.29, 1.82) is 0 Å². The molecule has 0 saturated carbocycles. The first-order valence-corrected chi connectivity index (χ1v) is 17.9. The predicted molar refractivity (Wildman–Crippen MR) is 215 cm³/mol. The first-order chi connectivity index (χ1) is 25.3. The minimum atomic E-state index is 0.626. The third-order valence-corrected chi connectivity index (χ3v) is 10.8. The van der Waals surface area contributed by atoms with Gasteiger partial charge in [0.05, 0.1) is 0 Å². The van der Waals surface area contributed by atoms with Crippen LogP contribution in [0.1, 0.15) is 0 Å². The Balaban J connectivity index is 1.12. The van der Waals surface area contributed by atoms with Crippen LogP contribution in [0, 0.1) is 0 Å². The zero-order valence-electron chi connectivity index (χ0n) is 27.5. The van der Waals surface area contributed by atoms with Crippen LogP contribution in [0.4, 0.5) is 17.1 Å². The summed E-state index contributed by atoms with van der Waals surface area (Å²) in [6.07, 6.45) is 0. The summed E-state index contributed by atoms with van der Waals surface area (Å²) in [7, 11) is 0. The molecule has 4 heteroatoms. The Morgan fingerprint density at radius 1 is 0.431 bits per heavy atom. The van der Waals surface area contributed by atoms with E-state index in [9.17, 15) is 0 Å². The van der Waals surface area contributed by atoms with Gasteiger partial charge in [-0.15, -0.1) is 11.3 Å². The highest BCUT2D eigenvalue weighted by Gasteiger charge is 2.19. The highest BCUT2D eigenvalue weighted by Crippen LogP contribution is 2.43. The maximum atomic E-state index is 6.56. The molecule has 3 nitrogen and oxygen atoms in total. The highest BCUT2D eigenvalue weighted by molar-refractivity contribution is 7.25. The number of hydrogen-bond acceptors (Lipinski definition) is 4. The SMILES string of the molecule is c1ccc(-c2cccc(N(c3ccc(-c4cc5ccccc5c5nc(-c6ccccc6)oc45)cc3)c3ccc4c(c3)sc3ccccc34)c2)cc1. The monoisotopic (exact) mass is 670 g/mol. The van der Waals surface area contributed by atoms with Crippen molar-refractivity contribution in [2.24, 2.45) is 0 Å². The van der Waals surface area contributed by atoms with Crippen molar-refractivity contribution >= 4 is 70.4 Å². The lowest BCUT2D eigenvalue weighted by atomic mass is 9.99. The zero-order valence-corrected chi connectivity index (χ0v) is 28.3. The van der Waals surface area contributed by atoms with Crippen molar-refractivity contribution in [3.05, 3.63) is 182 Å². The molecule has 0 saturated heterocycles. The van der Waals surface area contributed by atoms with Gasteiger partial charge in [0.15, 0.2) is 5.58 Å². The summed E-state index contributed by atoms with van der Waals surface area (Å²) in [5.41, 5.74) is 10.4. The number of aromatic nitrogens is 1. The smallest absolute Gasteiger partial charge is 0.227 e. The van der Waals surface area contributed by atoms with Crippen LogP contribution < -0.4 is 4.90 Å². The summed E-state index contributed by atoms with van der Waals surface area (Å²) < 4.78 is 9.14. The molecule has 240 valence electrons. The highest BCUT2D eigenvalue weighted by atomic mass is 32.1. The quantitative estimate of drug-likeness (QED) is 0.176. The van der Waals surface area contributed by atoms with Crippen molar-refractivity contribution in [3.8, 4) is 33.7 Å². The van der Waals surface area contributed by atoms with Crippen LogP contribution in [-0.4, -0.2) is 4.98 Å². The van der Waals surface area contributed by atoms with Crippen LogP contribution in [0.15, 0.2) is 186 Å². The second kappa shape index (κ2) is 12.1. The normalized spacial score (nSPS) is 11.5. The fourth-order valence-electron chi connectivity index (χ4n) is 7.21. The number of rotatable bonds is 6. The second-order valence-corrected chi connectivity index (χ2v) is 13.9. The Hall–Kier alpha value is -6.49. The maximum absolute atomic E-state index is 6.56. The van der Waals surface area contributed by atoms with E-state index in [1.165, 1.54) is 31.3 Å². The van der Waals surface area contributed by atoms with Crippen LogP contribution >= 0.6 is 11.3 Å². The topological polar surface area (TPSA) is 29.3 Å². The molecule has 0 spiro atoms. The van der Waals surface area contributed by atoms with E-state index in [-0.39, 0.29) is 0 Å². The van der Waals surface area contributed by atoms with Crippen molar-refractivity contribution in [3.63, 3.8) is 0 Å². The standard InChI is InChI=1S/C47H30N2OS/c1-3-12-31(13-4-1)34-17-11-18-37(28-34)49(38-26-27-41-40-20-9-10-21-43(40)51-44(41)30-38)36-24-22-32(23-25-36)42-29-35-16-7-8-19-39(35)45-46(42)50-47(48-45)33-14-5-2-6-15-33/h1-30H. The van der Waals surface area contributed by atoms with Gasteiger partial charge in [0, 0.05) is 53.7 Å².